The fraction of sp³-hybridized carbons (Fsp3) is 0.273. The van der Waals surface area contributed by atoms with E-state index in [4.69, 9.17) is 4.84 Å². The molecule has 5 nitrogen and oxygen atoms in total. The standard InChI is InChI=1S/C11H11F3N2O3/c12-11(13,14)8-19-16-10(17)6-15-18-7-9-4-2-1-3-5-9/h1-6H,7-8H2,(H,16,17)/b15-6+. The van der Waals surface area contributed by atoms with E-state index in [-0.39, 0.29) is 6.61 Å². The molecule has 0 saturated heterocycles. The molecule has 19 heavy (non-hydrogen) atoms. The van der Waals surface area contributed by atoms with Crippen molar-refractivity contribution in [2.45, 2.75) is 12.8 Å². The summed E-state index contributed by atoms with van der Waals surface area (Å²) in [6.45, 7) is -1.43. The third kappa shape index (κ3) is 7.77. The molecule has 0 heterocycles. The van der Waals surface area contributed by atoms with Crippen LogP contribution in [0.3, 0.4) is 0 Å². The van der Waals surface area contributed by atoms with Crippen LogP contribution in [0.15, 0.2) is 35.5 Å². The van der Waals surface area contributed by atoms with Gasteiger partial charge in [0.25, 0.3) is 5.91 Å². The predicted molar refractivity (Wildman–Crippen MR) is 59.9 cm³/mol. The summed E-state index contributed by atoms with van der Waals surface area (Å²) in [6.07, 6.45) is -3.83. The number of amides is 1. The fourth-order valence-electron chi connectivity index (χ4n) is 0.987. The first-order valence-corrected chi connectivity index (χ1v) is 5.15. The van der Waals surface area contributed by atoms with E-state index in [1.165, 1.54) is 0 Å². The van der Waals surface area contributed by atoms with Crippen molar-refractivity contribution in [3.8, 4) is 0 Å². The van der Waals surface area contributed by atoms with Crippen molar-refractivity contribution >= 4 is 12.1 Å². The SMILES string of the molecule is O=C(/C=N/OCc1ccccc1)NOCC(F)(F)F. The van der Waals surface area contributed by atoms with Crippen molar-refractivity contribution in [1.29, 1.82) is 0 Å². The zero-order valence-electron chi connectivity index (χ0n) is 9.68. The lowest BCUT2D eigenvalue weighted by atomic mass is 10.2. The number of carbonyl (C=O) groups is 1. The number of rotatable bonds is 6. The molecular weight excluding hydrogens is 265 g/mol. The van der Waals surface area contributed by atoms with Gasteiger partial charge in [0.2, 0.25) is 0 Å². The minimum Gasteiger partial charge on any atom is -0.391 e. The van der Waals surface area contributed by atoms with E-state index < -0.39 is 18.7 Å². The Kier molecular flexibility index (Phi) is 5.80. The third-order valence-corrected chi connectivity index (χ3v) is 1.73. The van der Waals surface area contributed by atoms with Crippen LogP contribution in [0.2, 0.25) is 0 Å². The van der Waals surface area contributed by atoms with E-state index in [1.54, 1.807) is 29.7 Å². The van der Waals surface area contributed by atoms with Gasteiger partial charge in [0.1, 0.15) is 12.8 Å². The second kappa shape index (κ2) is 7.37. The summed E-state index contributed by atoms with van der Waals surface area (Å²) in [6, 6.07) is 9.03. The second-order valence-electron chi connectivity index (χ2n) is 3.36. The third-order valence-electron chi connectivity index (χ3n) is 1.73. The highest BCUT2D eigenvalue weighted by molar-refractivity contribution is 6.25. The summed E-state index contributed by atoms with van der Waals surface area (Å²) in [5.41, 5.74) is 2.39. The van der Waals surface area contributed by atoms with Crippen LogP contribution in [0.5, 0.6) is 0 Å². The zero-order chi connectivity index (χ0) is 14.1. The van der Waals surface area contributed by atoms with Gasteiger partial charge in [0.05, 0.1) is 0 Å². The van der Waals surface area contributed by atoms with E-state index in [1.807, 2.05) is 6.07 Å². The summed E-state index contributed by atoms with van der Waals surface area (Å²) in [5, 5.41) is 3.28. The van der Waals surface area contributed by atoms with Gasteiger partial charge in [-0.1, -0.05) is 35.5 Å². The van der Waals surface area contributed by atoms with Gasteiger partial charge in [-0.2, -0.15) is 13.2 Å². The van der Waals surface area contributed by atoms with Gasteiger partial charge in [-0.05, 0) is 5.56 Å². The molecule has 0 aliphatic rings. The first-order valence-electron chi connectivity index (χ1n) is 5.15. The Morgan fingerprint density at radius 2 is 2.00 bits per heavy atom. The number of hydrogen-bond donors (Lipinski definition) is 1. The Bertz CT molecular complexity index is 421. The zero-order valence-corrected chi connectivity index (χ0v) is 9.68. The summed E-state index contributed by atoms with van der Waals surface area (Å²) in [5.74, 6) is -0.947. The molecule has 1 aromatic carbocycles. The minimum absolute atomic E-state index is 0.147. The van der Waals surface area contributed by atoms with Crippen molar-refractivity contribution in [2.24, 2.45) is 5.16 Å². The lowest BCUT2D eigenvalue weighted by Gasteiger charge is -2.06. The van der Waals surface area contributed by atoms with Crippen LogP contribution in [-0.2, 0) is 21.1 Å². The van der Waals surface area contributed by atoms with E-state index in [0.29, 0.717) is 6.21 Å². The summed E-state index contributed by atoms with van der Waals surface area (Å²) in [4.78, 5) is 19.6. The first kappa shape index (κ1) is 15.0. The van der Waals surface area contributed by atoms with Crippen LogP contribution in [-0.4, -0.2) is 24.9 Å². The predicted octanol–water partition coefficient (Wildman–Crippen LogP) is 1.80. The van der Waals surface area contributed by atoms with Crippen molar-refractivity contribution < 1.29 is 27.6 Å². The van der Waals surface area contributed by atoms with E-state index in [0.717, 1.165) is 5.56 Å². The molecule has 104 valence electrons. The smallest absolute Gasteiger partial charge is 0.391 e. The molecule has 1 aromatic rings. The van der Waals surface area contributed by atoms with Crippen molar-refractivity contribution in [3.05, 3.63) is 35.9 Å². The maximum atomic E-state index is 11.7. The molecule has 0 radical (unpaired) electrons. The lowest BCUT2D eigenvalue weighted by Crippen LogP contribution is -2.30. The Labute approximate surface area is 106 Å². The lowest BCUT2D eigenvalue weighted by molar-refractivity contribution is -0.189. The topological polar surface area (TPSA) is 59.9 Å². The molecule has 0 aliphatic heterocycles. The molecule has 0 atom stereocenters. The number of hydrogen-bond acceptors (Lipinski definition) is 4. The Balaban J connectivity index is 2.17. The van der Waals surface area contributed by atoms with Gasteiger partial charge >= 0.3 is 6.18 Å². The molecule has 1 N–H and O–H groups in total. The van der Waals surface area contributed by atoms with E-state index in [9.17, 15) is 18.0 Å². The number of benzene rings is 1. The highest BCUT2D eigenvalue weighted by atomic mass is 19.4. The summed E-state index contributed by atoms with van der Waals surface area (Å²) >= 11 is 0. The Hall–Kier alpha value is -2.09. The quantitative estimate of drug-likeness (QED) is 0.636. The molecular formula is C11H11F3N2O3. The Morgan fingerprint density at radius 3 is 2.63 bits per heavy atom. The number of nitrogens with one attached hydrogen (secondary N) is 1. The summed E-state index contributed by atoms with van der Waals surface area (Å²) in [7, 11) is 0. The maximum Gasteiger partial charge on any atom is 0.414 e. The van der Waals surface area contributed by atoms with Crippen molar-refractivity contribution in [1.82, 2.24) is 5.48 Å². The van der Waals surface area contributed by atoms with Crippen molar-refractivity contribution in [3.63, 3.8) is 0 Å². The van der Waals surface area contributed by atoms with Gasteiger partial charge in [-0.3, -0.25) is 9.63 Å². The molecule has 0 saturated carbocycles. The molecule has 0 spiro atoms. The molecule has 0 fully saturated rings. The normalized spacial score (nSPS) is 11.5. The van der Waals surface area contributed by atoms with Crippen molar-refractivity contribution in [2.75, 3.05) is 6.61 Å². The van der Waals surface area contributed by atoms with Crippen LogP contribution < -0.4 is 5.48 Å². The molecule has 1 rings (SSSR count). The fourth-order valence-corrected chi connectivity index (χ4v) is 0.987. The van der Waals surface area contributed by atoms with Gasteiger partial charge in [-0.25, -0.2) is 5.48 Å². The average Bonchev–Trinajstić information content (AvgIpc) is 2.34. The largest absolute Gasteiger partial charge is 0.414 e. The van der Waals surface area contributed by atoms with Crippen LogP contribution in [0, 0.1) is 0 Å². The number of nitrogens with zero attached hydrogens (tertiary/aromatic N) is 1. The second-order valence-corrected chi connectivity index (χ2v) is 3.36. The highest BCUT2D eigenvalue weighted by Gasteiger charge is 2.28. The molecule has 1 amide bonds. The number of halogens is 3. The van der Waals surface area contributed by atoms with Crippen LogP contribution in [0.25, 0.3) is 0 Å². The molecule has 0 unspecified atom stereocenters. The monoisotopic (exact) mass is 276 g/mol. The molecule has 0 aromatic heterocycles. The van der Waals surface area contributed by atoms with Crippen LogP contribution in [0.1, 0.15) is 5.56 Å². The van der Waals surface area contributed by atoms with Gasteiger partial charge in [0.15, 0.2) is 6.61 Å². The number of alkyl halides is 3. The first-order chi connectivity index (χ1) is 8.97. The van der Waals surface area contributed by atoms with Gasteiger partial charge in [-0.15, -0.1) is 0 Å². The minimum atomic E-state index is -4.51. The van der Waals surface area contributed by atoms with Crippen LogP contribution >= 0.6 is 0 Å². The van der Waals surface area contributed by atoms with E-state index in [2.05, 4.69) is 9.99 Å². The van der Waals surface area contributed by atoms with E-state index >= 15 is 0 Å². The van der Waals surface area contributed by atoms with Gasteiger partial charge < -0.3 is 4.84 Å². The molecule has 0 aliphatic carbocycles. The number of hydroxylamine groups is 1. The molecule has 8 heteroatoms. The highest BCUT2D eigenvalue weighted by Crippen LogP contribution is 2.13. The Morgan fingerprint density at radius 1 is 1.32 bits per heavy atom. The average molecular weight is 276 g/mol. The summed E-state index contributed by atoms with van der Waals surface area (Å²) < 4.78 is 35.0. The maximum absolute atomic E-state index is 11.7. The molecule has 0 bridgehead atoms. The number of carbonyl (C=O) groups excluding carboxylic acids is 1. The van der Waals surface area contributed by atoms with Gasteiger partial charge in [0, 0.05) is 0 Å². The van der Waals surface area contributed by atoms with Crippen LogP contribution in [0.4, 0.5) is 13.2 Å². The number of oxime groups is 1.